The second-order valence-electron chi connectivity index (χ2n) is 9.11. The first-order valence-corrected chi connectivity index (χ1v) is 13.4. The molecule has 0 radical (unpaired) electrons. The van der Waals surface area contributed by atoms with E-state index in [-0.39, 0.29) is 16.3 Å². The van der Waals surface area contributed by atoms with E-state index in [2.05, 4.69) is 26.6 Å². The fraction of sp³-hybridized carbons (Fsp3) is 0.320. The van der Waals surface area contributed by atoms with Crippen molar-refractivity contribution in [3.63, 3.8) is 0 Å². The lowest BCUT2D eigenvalue weighted by Gasteiger charge is -2.34. The topological polar surface area (TPSA) is 142 Å². The van der Waals surface area contributed by atoms with Gasteiger partial charge in [0.1, 0.15) is 5.56 Å². The number of nitrogens with zero attached hydrogens (tertiary/aromatic N) is 4. The number of hydrogen-bond donors (Lipinski definition) is 2. The zero-order valence-electron chi connectivity index (χ0n) is 20.6. The van der Waals surface area contributed by atoms with Crippen LogP contribution < -0.4 is 10.1 Å². The molecule has 38 heavy (non-hydrogen) atoms. The van der Waals surface area contributed by atoms with Crippen molar-refractivity contribution in [3.05, 3.63) is 64.6 Å². The summed E-state index contributed by atoms with van der Waals surface area (Å²) in [6.45, 7) is 2.70. The van der Waals surface area contributed by atoms with E-state index in [4.69, 9.17) is 9.52 Å². The number of anilines is 1. The van der Waals surface area contributed by atoms with E-state index in [0.29, 0.717) is 24.2 Å². The van der Waals surface area contributed by atoms with E-state index in [0.717, 1.165) is 13.3 Å². The smallest absolute Gasteiger partial charge is 0.435 e. The third-order valence-corrected chi connectivity index (χ3v) is 7.53. The molecule has 1 unspecified atom stereocenters. The van der Waals surface area contributed by atoms with E-state index in [1.165, 1.54) is 36.6 Å². The maximum absolute atomic E-state index is 13.6. The lowest BCUT2D eigenvalue weighted by molar-refractivity contribution is -0.142. The number of pyridine rings is 1. The molecule has 1 fully saturated rings. The molecule has 1 aromatic carbocycles. The number of hydrogen-bond acceptors (Lipinski definition) is 8. The Labute approximate surface area is 217 Å². The number of rotatable bonds is 6. The second-order valence-corrected chi connectivity index (χ2v) is 11.3. The SMILES string of the molecule is Cc1nc(C2(C#N)CCC2)ccc1Oc1nnc(C(F)(F)F)c(C)c1C(=O)Nc1cccc(S(C)(=N)=O)c1. The van der Waals surface area contributed by atoms with Gasteiger partial charge in [0.25, 0.3) is 11.8 Å². The minimum absolute atomic E-state index is 0.120. The van der Waals surface area contributed by atoms with Crippen molar-refractivity contribution in [2.75, 3.05) is 11.6 Å². The first-order chi connectivity index (χ1) is 17.7. The van der Waals surface area contributed by atoms with E-state index in [1.807, 2.05) is 0 Å². The van der Waals surface area contributed by atoms with Crippen LogP contribution in [0.25, 0.3) is 0 Å². The maximum atomic E-state index is 13.6. The lowest BCUT2D eigenvalue weighted by Crippen LogP contribution is -2.33. The van der Waals surface area contributed by atoms with Gasteiger partial charge in [0, 0.05) is 16.8 Å². The third kappa shape index (κ3) is 5.17. The van der Waals surface area contributed by atoms with Gasteiger partial charge in [-0.3, -0.25) is 9.78 Å². The van der Waals surface area contributed by atoms with Crippen LogP contribution in [0.4, 0.5) is 18.9 Å². The normalized spacial score (nSPS) is 16.0. The number of carbonyl (C=O) groups is 1. The van der Waals surface area contributed by atoms with Crippen molar-refractivity contribution in [1.29, 1.82) is 10.0 Å². The van der Waals surface area contributed by atoms with Gasteiger partial charge in [-0.05, 0) is 69.0 Å². The number of aryl methyl sites for hydroxylation is 1. The summed E-state index contributed by atoms with van der Waals surface area (Å²) in [5, 5.41) is 18.9. The zero-order valence-corrected chi connectivity index (χ0v) is 21.5. The van der Waals surface area contributed by atoms with Gasteiger partial charge in [0.05, 0.1) is 32.6 Å². The van der Waals surface area contributed by atoms with Crippen molar-refractivity contribution in [2.24, 2.45) is 0 Å². The highest BCUT2D eigenvalue weighted by Gasteiger charge is 2.41. The predicted molar refractivity (Wildman–Crippen MR) is 131 cm³/mol. The van der Waals surface area contributed by atoms with Gasteiger partial charge in [-0.15, -0.1) is 10.2 Å². The highest BCUT2D eigenvalue weighted by atomic mass is 32.2. The number of nitriles is 1. The summed E-state index contributed by atoms with van der Waals surface area (Å²) in [5.74, 6) is -1.31. The van der Waals surface area contributed by atoms with Gasteiger partial charge in [0.2, 0.25) is 0 Å². The Morgan fingerprint density at radius 2 is 1.92 bits per heavy atom. The molecule has 0 bridgehead atoms. The van der Waals surface area contributed by atoms with Crippen molar-refractivity contribution in [1.82, 2.24) is 15.2 Å². The Bertz CT molecular complexity index is 1580. The first kappa shape index (κ1) is 27.0. The molecule has 2 aromatic heterocycles. The number of alkyl halides is 3. The predicted octanol–water partition coefficient (Wildman–Crippen LogP) is 5.53. The fourth-order valence-electron chi connectivity index (χ4n) is 4.10. The maximum Gasteiger partial charge on any atom is 0.435 e. The number of nitrogens with one attached hydrogen (secondary N) is 2. The Morgan fingerprint density at radius 1 is 1.21 bits per heavy atom. The summed E-state index contributed by atoms with van der Waals surface area (Å²) in [4.78, 5) is 17.8. The number of benzene rings is 1. The lowest BCUT2D eigenvalue weighted by atomic mass is 9.67. The molecule has 9 nitrogen and oxygen atoms in total. The molecule has 3 aromatic rings. The molecule has 1 amide bonds. The first-order valence-electron chi connectivity index (χ1n) is 11.4. The molecule has 1 aliphatic rings. The third-order valence-electron chi connectivity index (χ3n) is 6.38. The van der Waals surface area contributed by atoms with Crippen LogP contribution in [0.15, 0.2) is 41.3 Å². The van der Waals surface area contributed by atoms with Crippen LogP contribution in [-0.4, -0.2) is 31.6 Å². The van der Waals surface area contributed by atoms with Crippen molar-refractivity contribution < 1.29 is 26.9 Å². The highest BCUT2D eigenvalue weighted by Crippen LogP contribution is 2.43. The average Bonchev–Trinajstić information content (AvgIpc) is 2.79. The highest BCUT2D eigenvalue weighted by molar-refractivity contribution is 7.91. The van der Waals surface area contributed by atoms with Crippen LogP contribution in [0, 0.1) is 30.0 Å². The van der Waals surface area contributed by atoms with E-state index in [9.17, 15) is 27.4 Å². The van der Waals surface area contributed by atoms with Crippen molar-refractivity contribution in [2.45, 2.75) is 49.6 Å². The van der Waals surface area contributed by atoms with E-state index >= 15 is 0 Å². The summed E-state index contributed by atoms with van der Waals surface area (Å²) in [6.07, 6.45) is -1.41. The standard InChI is InChI=1S/C25H23F3N6O3S/c1-14-20(22(35)32-16-6-4-7-17(12-16)38(3,30)36)23(34-33-21(14)25(26,27)28)37-18-8-9-19(31-15(18)2)24(13-29)10-5-11-24/h4,6-9,12,30H,5,10-11H2,1-3H3,(H,32,35). The van der Waals surface area contributed by atoms with Gasteiger partial charge >= 0.3 is 6.18 Å². The zero-order chi connectivity index (χ0) is 27.9. The molecular weight excluding hydrogens is 521 g/mol. The summed E-state index contributed by atoms with van der Waals surface area (Å²) in [7, 11) is -3.10. The molecule has 2 heterocycles. The fourth-order valence-corrected chi connectivity index (χ4v) is 4.79. The molecule has 0 spiro atoms. The Hall–Kier alpha value is -4.05. The van der Waals surface area contributed by atoms with Crippen LogP contribution in [0.1, 0.15) is 52.3 Å². The van der Waals surface area contributed by atoms with Gasteiger partial charge < -0.3 is 10.1 Å². The van der Waals surface area contributed by atoms with Crippen LogP contribution >= 0.6 is 0 Å². The number of aromatic nitrogens is 3. The van der Waals surface area contributed by atoms with Crippen molar-refractivity contribution in [3.8, 4) is 17.7 Å². The molecule has 1 saturated carbocycles. The number of ether oxygens (including phenoxy) is 1. The minimum atomic E-state index is -4.88. The van der Waals surface area contributed by atoms with Crippen LogP contribution in [0.2, 0.25) is 0 Å². The van der Waals surface area contributed by atoms with Gasteiger partial charge in [-0.1, -0.05) is 6.07 Å². The minimum Gasteiger partial charge on any atom is -0.435 e. The Kier molecular flexibility index (Phi) is 6.88. The second kappa shape index (κ2) is 9.68. The molecule has 1 aliphatic carbocycles. The van der Waals surface area contributed by atoms with Gasteiger partial charge in [-0.25, -0.2) is 8.99 Å². The Morgan fingerprint density at radius 3 is 2.47 bits per heavy atom. The van der Waals surface area contributed by atoms with Crippen LogP contribution in [0.5, 0.6) is 11.6 Å². The molecular formula is C25H23F3N6O3S. The average molecular weight is 545 g/mol. The molecule has 0 saturated heterocycles. The van der Waals surface area contributed by atoms with Crippen LogP contribution in [0.3, 0.4) is 0 Å². The quantitative estimate of drug-likeness (QED) is 0.415. The molecule has 198 valence electrons. The molecule has 4 rings (SSSR count). The number of halogens is 3. The molecule has 2 N–H and O–H groups in total. The van der Waals surface area contributed by atoms with Gasteiger partial charge in [0.15, 0.2) is 11.4 Å². The Balaban J connectivity index is 1.73. The van der Waals surface area contributed by atoms with Crippen LogP contribution in [-0.2, 0) is 21.3 Å². The van der Waals surface area contributed by atoms with E-state index < -0.39 is 49.9 Å². The van der Waals surface area contributed by atoms with Gasteiger partial charge in [-0.2, -0.15) is 18.4 Å². The molecule has 1 atom stereocenters. The number of amides is 1. The summed E-state index contributed by atoms with van der Waals surface area (Å²) in [6, 6.07) is 11.1. The largest absolute Gasteiger partial charge is 0.435 e. The number of carbonyl (C=O) groups excluding carboxylic acids is 1. The molecule has 0 aliphatic heterocycles. The monoisotopic (exact) mass is 544 g/mol. The van der Waals surface area contributed by atoms with Crippen molar-refractivity contribution >= 4 is 21.3 Å². The summed E-state index contributed by atoms with van der Waals surface area (Å²) < 4.78 is 66.4. The van der Waals surface area contributed by atoms with E-state index in [1.54, 1.807) is 13.0 Å². The summed E-state index contributed by atoms with van der Waals surface area (Å²) >= 11 is 0. The summed E-state index contributed by atoms with van der Waals surface area (Å²) in [5.41, 5.74) is -1.98. The molecule has 13 heteroatoms.